The standard InChI is InChI=1S/C14H15ClN4O2/c15-12-10-3-1-2-4-11(10)13(18-17-12)19-6-5-9(8-19)7-16-14(20)21/h1-4,9,16H,5-8H2,(H,20,21). The van der Waals surface area contributed by atoms with E-state index < -0.39 is 6.09 Å². The molecule has 1 fully saturated rings. The second-order valence-electron chi connectivity index (χ2n) is 5.15. The van der Waals surface area contributed by atoms with Crippen molar-refractivity contribution in [3.05, 3.63) is 29.4 Å². The van der Waals surface area contributed by atoms with E-state index in [4.69, 9.17) is 16.7 Å². The maximum Gasteiger partial charge on any atom is 0.404 e. The molecular formula is C14H15ClN4O2. The first-order valence-electron chi connectivity index (χ1n) is 6.78. The van der Waals surface area contributed by atoms with Crippen LogP contribution in [0.3, 0.4) is 0 Å². The highest BCUT2D eigenvalue weighted by Crippen LogP contribution is 2.31. The largest absolute Gasteiger partial charge is 0.465 e. The predicted molar refractivity (Wildman–Crippen MR) is 80.9 cm³/mol. The number of rotatable bonds is 3. The van der Waals surface area contributed by atoms with Crippen LogP contribution in [0, 0.1) is 5.92 Å². The fourth-order valence-corrected chi connectivity index (χ4v) is 2.92. The molecule has 1 aliphatic heterocycles. The van der Waals surface area contributed by atoms with Crippen molar-refractivity contribution in [2.75, 3.05) is 24.5 Å². The number of amides is 1. The topological polar surface area (TPSA) is 78.4 Å². The lowest BCUT2D eigenvalue weighted by Crippen LogP contribution is -2.30. The fraction of sp³-hybridized carbons (Fsp3) is 0.357. The van der Waals surface area contributed by atoms with E-state index in [-0.39, 0.29) is 5.92 Å². The van der Waals surface area contributed by atoms with Crippen LogP contribution in [-0.4, -0.2) is 41.0 Å². The maximum absolute atomic E-state index is 10.6. The summed E-state index contributed by atoms with van der Waals surface area (Å²) in [6, 6.07) is 7.77. The molecule has 6 nitrogen and oxygen atoms in total. The van der Waals surface area contributed by atoms with Crippen LogP contribution in [0.15, 0.2) is 24.3 Å². The van der Waals surface area contributed by atoms with E-state index in [1.165, 1.54) is 0 Å². The highest BCUT2D eigenvalue weighted by Gasteiger charge is 2.25. The number of anilines is 1. The monoisotopic (exact) mass is 306 g/mol. The molecule has 0 aliphatic carbocycles. The number of carboxylic acid groups (broad SMARTS) is 1. The van der Waals surface area contributed by atoms with Gasteiger partial charge >= 0.3 is 6.09 Å². The first kappa shape index (κ1) is 13.9. The van der Waals surface area contributed by atoms with Gasteiger partial charge in [-0.2, -0.15) is 0 Å². The maximum atomic E-state index is 10.6. The normalized spacial score (nSPS) is 18.1. The summed E-state index contributed by atoms with van der Waals surface area (Å²) in [5.74, 6) is 1.10. The van der Waals surface area contributed by atoms with Crippen LogP contribution in [0.4, 0.5) is 10.6 Å². The van der Waals surface area contributed by atoms with E-state index in [9.17, 15) is 4.79 Å². The van der Waals surface area contributed by atoms with E-state index in [1.54, 1.807) is 0 Å². The van der Waals surface area contributed by atoms with E-state index in [1.807, 2.05) is 24.3 Å². The van der Waals surface area contributed by atoms with Crippen LogP contribution >= 0.6 is 11.6 Å². The Morgan fingerprint density at radius 1 is 1.38 bits per heavy atom. The van der Waals surface area contributed by atoms with Crippen molar-refractivity contribution in [3.8, 4) is 0 Å². The molecule has 1 atom stereocenters. The van der Waals surface area contributed by atoms with Crippen molar-refractivity contribution in [2.24, 2.45) is 5.92 Å². The summed E-state index contributed by atoms with van der Waals surface area (Å²) in [4.78, 5) is 12.7. The summed E-state index contributed by atoms with van der Waals surface area (Å²) < 4.78 is 0. The Morgan fingerprint density at radius 2 is 2.14 bits per heavy atom. The number of hydrogen-bond acceptors (Lipinski definition) is 4. The van der Waals surface area contributed by atoms with E-state index in [0.717, 1.165) is 36.1 Å². The van der Waals surface area contributed by atoms with Gasteiger partial charge in [0.25, 0.3) is 0 Å². The quantitative estimate of drug-likeness (QED) is 0.910. The summed E-state index contributed by atoms with van der Waals surface area (Å²) in [5, 5.41) is 21.6. The minimum Gasteiger partial charge on any atom is -0.465 e. The number of nitrogens with zero attached hydrogens (tertiary/aromatic N) is 3. The van der Waals surface area contributed by atoms with Gasteiger partial charge in [-0.1, -0.05) is 35.9 Å². The molecule has 0 radical (unpaired) electrons. The van der Waals surface area contributed by atoms with Gasteiger partial charge in [-0.25, -0.2) is 4.79 Å². The molecule has 1 aliphatic rings. The lowest BCUT2D eigenvalue weighted by Gasteiger charge is -2.19. The predicted octanol–water partition coefficient (Wildman–Crippen LogP) is 2.38. The molecule has 2 N–H and O–H groups in total. The smallest absolute Gasteiger partial charge is 0.404 e. The molecule has 0 bridgehead atoms. The third-order valence-electron chi connectivity index (χ3n) is 3.75. The van der Waals surface area contributed by atoms with Crippen LogP contribution in [-0.2, 0) is 0 Å². The number of benzene rings is 1. The van der Waals surface area contributed by atoms with E-state index in [2.05, 4.69) is 20.4 Å². The van der Waals surface area contributed by atoms with Gasteiger partial charge < -0.3 is 15.3 Å². The summed E-state index contributed by atoms with van der Waals surface area (Å²) in [7, 11) is 0. The first-order valence-corrected chi connectivity index (χ1v) is 7.15. The zero-order valence-electron chi connectivity index (χ0n) is 11.3. The lowest BCUT2D eigenvalue weighted by molar-refractivity contribution is 0.192. The molecule has 21 heavy (non-hydrogen) atoms. The molecule has 1 aromatic heterocycles. The number of halogens is 1. The Hall–Kier alpha value is -2.08. The highest BCUT2D eigenvalue weighted by atomic mass is 35.5. The number of fused-ring (bicyclic) bond motifs is 1. The van der Waals surface area contributed by atoms with Gasteiger partial charge in [-0.05, 0) is 12.3 Å². The molecule has 1 saturated heterocycles. The number of aromatic nitrogens is 2. The molecular weight excluding hydrogens is 292 g/mol. The van der Waals surface area contributed by atoms with Gasteiger partial charge in [0.15, 0.2) is 11.0 Å². The fourth-order valence-electron chi connectivity index (χ4n) is 2.71. The molecule has 1 amide bonds. The molecule has 110 valence electrons. The summed E-state index contributed by atoms with van der Waals surface area (Å²) >= 11 is 6.08. The summed E-state index contributed by atoms with van der Waals surface area (Å²) in [6.07, 6.45) is -0.0518. The average Bonchev–Trinajstić information content (AvgIpc) is 2.94. The minimum absolute atomic E-state index is 0.289. The Kier molecular flexibility index (Phi) is 3.79. The zero-order valence-corrected chi connectivity index (χ0v) is 12.0. The van der Waals surface area contributed by atoms with Gasteiger partial charge in [-0.15, -0.1) is 10.2 Å². The van der Waals surface area contributed by atoms with Crippen LogP contribution in [0.5, 0.6) is 0 Å². The number of nitrogens with one attached hydrogen (secondary N) is 1. The molecule has 0 spiro atoms. The molecule has 1 aromatic carbocycles. The molecule has 7 heteroatoms. The highest BCUT2D eigenvalue weighted by molar-refractivity contribution is 6.34. The second-order valence-corrected chi connectivity index (χ2v) is 5.50. The van der Waals surface area contributed by atoms with Gasteiger partial charge in [0.05, 0.1) is 0 Å². The molecule has 0 saturated carbocycles. The third kappa shape index (κ3) is 2.85. The summed E-state index contributed by atoms with van der Waals surface area (Å²) in [5.41, 5.74) is 0. The van der Waals surface area contributed by atoms with Crippen molar-refractivity contribution in [1.82, 2.24) is 15.5 Å². The van der Waals surface area contributed by atoms with Crippen molar-refractivity contribution >= 4 is 34.3 Å². The van der Waals surface area contributed by atoms with E-state index in [0.29, 0.717) is 11.7 Å². The SMILES string of the molecule is O=C(O)NCC1CCN(c2nnc(Cl)c3ccccc23)C1. The summed E-state index contributed by atoms with van der Waals surface area (Å²) in [6.45, 7) is 2.07. The van der Waals surface area contributed by atoms with E-state index >= 15 is 0 Å². The van der Waals surface area contributed by atoms with Crippen LogP contribution < -0.4 is 10.2 Å². The Bertz CT molecular complexity index is 679. The molecule has 2 heterocycles. The lowest BCUT2D eigenvalue weighted by atomic mass is 10.1. The zero-order chi connectivity index (χ0) is 14.8. The molecule has 1 unspecified atom stereocenters. The van der Waals surface area contributed by atoms with Gasteiger partial charge in [0.1, 0.15) is 0 Å². The van der Waals surface area contributed by atoms with Crippen LogP contribution in [0.25, 0.3) is 10.8 Å². The Balaban J connectivity index is 1.82. The van der Waals surface area contributed by atoms with Crippen molar-refractivity contribution < 1.29 is 9.90 Å². The van der Waals surface area contributed by atoms with Crippen LogP contribution in [0.1, 0.15) is 6.42 Å². The molecule has 3 rings (SSSR count). The van der Waals surface area contributed by atoms with Gasteiger partial charge in [0, 0.05) is 30.4 Å². The van der Waals surface area contributed by atoms with Crippen molar-refractivity contribution in [2.45, 2.75) is 6.42 Å². The van der Waals surface area contributed by atoms with Gasteiger partial charge in [0.2, 0.25) is 0 Å². The Labute approximate surface area is 126 Å². The average molecular weight is 307 g/mol. The minimum atomic E-state index is -0.981. The van der Waals surface area contributed by atoms with Gasteiger partial charge in [-0.3, -0.25) is 0 Å². The molecule has 2 aromatic rings. The second kappa shape index (κ2) is 5.73. The number of carbonyl (C=O) groups is 1. The Morgan fingerprint density at radius 3 is 2.90 bits per heavy atom. The van der Waals surface area contributed by atoms with Crippen molar-refractivity contribution in [3.63, 3.8) is 0 Å². The van der Waals surface area contributed by atoms with Crippen molar-refractivity contribution in [1.29, 1.82) is 0 Å². The number of hydrogen-bond donors (Lipinski definition) is 2. The van der Waals surface area contributed by atoms with Crippen LogP contribution in [0.2, 0.25) is 5.15 Å². The first-order chi connectivity index (χ1) is 10.1. The third-order valence-corrected chi connectivity index (χ3v) is 4.03.